The Bertz CT molecular complexity index is 716. The summed E-state index contributed by atoms with van der Waals surface area (Å²) in [4.78, 5) is 29.7. The summed E-state index contributed by atoms with van der Waals surface area (Å²) in [6.45, 7) is 0.239. The van der Waals surface area contributed by atoms with E-state index < -0.39 is 6.09 Å². The first-order valence-electron chi connectivity index (χ1n) is 7.86. The molecule has 2 amide bonds. The lowest BCUT2D eigenvalue weighted by Gasteiger charge is -2.19. The Morgan fingerprint density at radius 1 is 1.21 bits per heavy atom. The molecule has 1 aliphatic rings. The number of nitrogen functional groups attached to an aromatic ring is 1. The number of aryl methyl sites for hydroxylation is 1. The highest BCUT2D eigenvalue weighted by molar-refractivity contribution is 5.93. The highest BCUT2D eigenvalue weighted by atomic mass is 16.6. The summed E-state index contributed by atoms with van der Waals surface area (Å²) in [7, 11) is 0. The highest BCUT2D eigenvalue weighted by Crippen LogP contribution is 2.19. The molecule has 0 unspecified atom stereocenters. The molecule has 0 radical (unpaired) electrons. The molecule has 1 fully saturated rings. The zero-order chi connectivity index (χ0) is 16.9. The minimum atomic E-state index is -0.559. The number of pyridine rings is 1. The lowest BCUT2D eigenvalue weighted by Crippen LogP contribution is -2.40. The summed E-state index contributed by atoms with van der Waals surface area (Å²) in [6.07, 6.45) is 2.42. The van der Waals surface area contributed by atoms with Gasteiger partial charge in [-0.15, -0.1) is 0 Å². The fourth-order valence-electron chi connectivity index (χ4n) is 2.76. The van der Waals surface area contributed by atoms with E-state index in [0.29, 0.717) is 18.7 Å². The number of hydrogen-bond acceptors (Lipinski definition) is 5. The van der Waals surface area contributed by atoms with Gasteiger partial charge >= 0.3 is 6.09 Å². The number of anilines is 1. The van der Waals surface area contributed by atoms with Crippen molar-refractivity contribution in [3.05, 3.63) is 59.8 Å². The molecule has 6 heteroatoms. The third-order valence-corrected chi connectivity index (χ3v) is 4.02. The summed E-state index contributed by atoms with van der Waals surface area (Å²) < 4.78 is 5.08. The molecular weight excluding hydrogens is 306 g/mol. The summed E-state index contributed by atoms with van der Waals surface area (Å²) in [5.74, 6) is 0.214. The number of ether oxygens (including phenoxy) is 1. The van der Waals surface area contributed by atoms with E-state index in [9.17, 15) is 9.59 Å². The van der Waals surface area contributed by atoms with Gasteiger partial charge in [0, 0.05) is 12.6 Å². The second kappa shape index (κ2) is 7.12. The van der Waals surface area contributed by atoms with Gasteiger partial charge in [-0.1, -0.05) is 36.4 Å². The zero-order valence-electron chi connectivity index (χ0n) is 13.2. The second-order valence-corrected chi connectivity index (χ2v) is 5.78. The number of nitrogens with zero attached hydrogens (tertiary/aromatic N) is 2. The smallest absolute Gasteiger partial charge is 0.416 e. The molecule has 1 aromatic heterocycles. The molecule has 24 heavy (non-hydrogen) atoms. The fraction of sp³-hybridized carbons (Fsp3) is 0.278. The van der Waals surface area contributed by atoms with Crippen LogP contribution in [0.25, 0.3) is 0 Å². The van der Waals surface area contributed by atoms with Crippen LogP contribution in [-0.2, 0) is 22.4 Å². The van der Waals surface area contributed by atoms with Crippen LogP contribution in [0.1, 0.15) is 17.5 Å². The third-order valence-electron chi connectivity index (χ3n) is 4.02. The molecule has 2 aromatic rings. The van der Waals surface area contributed by atoms with Gasteiger partial charge in [-0.25, -0.2) is 14.7 Å². The minimum absolute atomic E-state index is 0.227. The van der Waals surface area contributed by atoms with Crippen LogP contribution < -0.4 is 5.73 Å². The van der Waals surface area contributed by atoms with Crippen molar-refractivity contribution >= 4 is 17.8 Å². The van der Waals surface area contributed by atoms with Gasteiger partial charge in [-0.3, -0.25) is 4.79 Å². The van der Waals surface area contributed by atoms with Crippen LogP contribution in [0.4, 0.5) is 10.6 Å². The van der Waals surface area contributed by atoms with Crippen molar-refractivity contribution < 1.29 is 14.3 Å². The summed E-state index contributed by atoms with van der Waals surface area (Å²) in [5.41, 5.74) is 7.52. The number of hydrogen-bond donors (Lipinski definition) is 1. The number of cyclic esters (lactones) is 1. The first-order chi connectivity index (χ1) is 11.6. The molecule has 1 atom stereocenters. The minimum Gasteiger partial charge on any atom is -0.447 e. The lowest BCUT2D eigenvalue weighted by atomic mass is 10.1. The standard InChI is InChI=1S/C18H19N3O3/c19-16-8-6-14(11-20-16)7-9-17(22)21-15(12-24-18(21)23)10-13-4-2-1-3-5-13/h1-6,8,11,15H,7,9-10,12H2,(H2,19,20)/t15-/m1/s1. The number of nitrogens with two attached hydrogens (primary N) is 1. The fourth-order valence-corrected chi connectivity index (χ4v) is 2.76. The molecule has 2 N–H and O–H groups in total. The van der Waals surface area contributed by atoms with E-state index >= 15 is 0 Å². The Balaban J connectivity index is 1.62. The monoisotopic (exact) mass is 325 g/mol. The largest absolute Gasteiger partial charge is 0.447 e. The molecule has 0 aliphatic carbocycles. The van der Waals surface area contributed by atoms with Gasteiger partial charge < -0.3 is 10.5 Å². The van der Waals surface area contributed by atoms with E-state index in [1.165, 1.54) is 4.90 Å². The first-order valence-corrected chi connectivity index (χ1v) is 7.86. The summed E-state index contributed by atoms with van der Waals surface area (Å²) in [6, 6.07) is 13.0. The molecule has 124 valence electrons. The molecule has 1 aromatic carbocycles. The average Bonchev–Trinajstić information content (AvgIpc) is 2.95. The van der Waals surface area contributed by atoms with E-state index in [0.717, 1.165) is 11.1 Å². The van der Waals surface area contributed by atoms with Crippen molar-refractivity contribution in [1.29, 1.82) is 0 Å². The van der Waals surface area contributed by atoms with Crippen molar-refractivity contribution in [2.75, 3.05) is 12.3 Å². The topological polar surface area (TPSA) is 85.5 Å². The number of imide groups is 1. The van der Waals surface area contributed by atoms with Crippen LogP contribution in [0.5, 0.6) is 0 Å². The van der Waals surface area contributed by atoms with E-state index in [1.54, 1.807) is 12.3 Å². The summed E-state index contributed by atoms with van der Waals surface area (Å²) >= 11 is 0. The maximum Gasteiger partial charge on any atom is 0.416 e. The molecule has 1 saturated heterocycles. The quantitative estimate of drug-likeness (QED) is 0.910. The maximum absolute atomic E-state index is 12.5. The SMILES string of the molecule is Nc1ccc(CCC(=O)N2C(=O)OC[C@H]2Cc2ccccc2)cn1. The molecule has 3 rings (SSSR count). The van der Waals surface area contributed by atoms with Crippen molar-refractivity contribution in [3.63, 3.8) is 0 Å². The zero-order valence-corrected chi connectivity index (χ0v) is 13.2. The number of rotatable bonds is 5. The Kier molecular flexibility index (Phi) is 4.74. The number of benzene rings is 1. The van der Waals surface area contributed by atoms with Gasteiger partial charge in [-0.05, 0) is 30.0 Å². The van der Waals surface area contributed by atoms with Crippen molar-refractivity contribution in [2.24, 2.45) is 0 Å². The molecule has 6 nitrogen and oxygen atoms in total. The van der Waals surface area contributed by atoms with E-state index in [1.807, 2.05) is 36.4 Å². The van der Waals surface area contributed by atoms with Crippen molar-refractivity contribution in [3.8, 4) is 0 Å². The van der Waals surface area contributed by atoms with E-state index in [2.05, 4.69) is 4.98 Å². The van der Waals surface area contributed by atoms with Gasteiger partial charge in [0.25, 0.3) is 0 Å². The Morgan fingerprint density at radius 3 is 2.71 bits per heavy atom. The maximum atomic E-state index is 12.5. The van der Waals surface area contributed by atoms with Crippen LogP contribution in [0, 0.1) is 0 Å². The molecule has 2 heterocycles. The van der Waals surface area contributed by atoms with E-state index in [-0.39, 0.29) is 25.0 Å². The van der Waals surface area contributed by atoms with Crippen LogP contribution in [0.2, 0.25) is 0 Å². The number of carbonyl (C=O) groups is 2. The van der Waals surface area contributed by atoms with Gasteiger partial charge in [0.05, 0.1) is 6.04 Å². The molecule has 0 spiro atoms. The van der Waals surface area contributed by atoms with Crippen LogP contribution in [0.3, 0.4) is 0 Å². The normalized spacial score (nSPS) is 16.9. The van der Waals surface area contributed by atoms with Gasteiger partial charge in [0.2, 0.25) is 5.91 Å². The predicted molar refractivity (Wildman–Crippen MR) is 89.1 cm³/mol. The molecule has 0 saturated carbocycles. The summed E-state index contributed by atoms with van der Waals surface area (Å²) in [5, 5.41) is 0. The number of amides is 2. The predicted octanol–water partition coefficient (Wildman–Crippen LogP) is 2.19. The highest BCUT2D eigenvalue weighted by Gasteiger charge is 2.37. The van der Waals surface area contributed by atoms with Gasteiger partial charge in [0.15, 0.2) is 0 Å². The van der Waals surface area contributed by atoms with Crippen LogP contribution in [0.15, 0.2) is 48.7 Å². The van der Waals surface area contributed by atoms with Crippen LogP contribution in [-0.4, -0.2) is 34.5 Å². The van der Waals surface area contributed by atoms with Crippen molar-refractivity contribution in [1.82, 2.24) is 9.88 Å². The first kappa shape index (κ1) is 16.0. The second-order valence-electron chi connectivity index (χ2n) is 5.78. The van der Waals surface area contributed by atoms with E-state index in [4.69, 9.17) is 10.5 Å². The van der Waals surface area contributed by atoms with Crippen molar-refractivity contribution in [2.45, 2.75) is 25.3 Å². The molecule has 1 aliphatic heterocycles. The lowest BCUT2D eigenvalue weighted by molar-refractivity contribution is -0.129. The molecule has 0 bridgehead atoms. The average molecular weight is 325 g/mol. The number of aromatic nitrogens is 1. The third kappa shape index (κ3) is 3.71. The van der Waals surface area contributed by atoms with Gasteiger partial charge in [-0.2, -0.15) is 0 Å². The molecular formula is C18H19N3O3. The Labute approximate surface area is 140 Å². The van der Waals surface area contributed by atoms with Gasteiger partial charge in [0.1, 0.15) is 12.4 Å². The number of carbonyl (C=O) groups excluding carboxylic acids is 2. The Hall–Kier alpha value is -2.89. The van der Waals surface area contributed by atoms with Crippen LogP contribution >= 0.6 is 0 Å². The Morgan fingerprint density at radius 2 is 2.00 bits per heavy atom.